The molecule has 1 atom stereocenters. The zero-order valence-electron chi connectivity index (χ0n) is 17.6. The number of carbonyl (C=O) groups is 3. The Kier molecular flexibility index (Phi) is 5.96. The van der Waals surface area contributed by atoms with E-state index in [9.17, 15) is 14.4 Å². The molecule has 0 saturated carbocycles. The second-order valence-electron chi connectivity index (χ2n) is 6.94. The molecular formula is C22H24N2O6. The third-order valence-corrected chi connectivity index (χ3v) is 5.08. The highest BCUT2D eigenvalue weighted by Gasteiger charge is 2.40. The average molecular weight is 412 g/mol. The number of fused-ring (bicyclic) bond motifs is 1. The molecule has 2 aromatic rings. The Hall–Kier alpha value is -3.55. The molecule has 0 bridgehead atoms. The van der Waals surface area contributed by atoms with Crippen LogP contribution in [0.25, 0.3) is 0 Å². The number of amides is 3. The molecule has 0 aliphatic carbocycles. The molecule has 0 fully saturated rings. The van der Waals surface area contributed by atoms with E-state index in [1.54, 1.807) is 30.3 Å². The van der Waals surface area contributed by atoms with Crippen molar-refractivity contribution in [3.63, 3.8) is 0 Å². The predicted octanol–water partition coefficient (Wildman–Crippen LogP) is 2.32. The van der Waals surface area contributed by atoms with Crippen molar-refractivity contribution in [2.45, 2.75) is 26.4 Å². The van der Waals surface area contributed by atoms with Gasteiger partial charge in [0.25, 0.3) is 11.8 Å². The van der Waals surface area contributed by atoms with Crippen LogP contribution < -0.4 is 19.5 Å². The van der Waals surface area contributed by atoms with Gasteiger partial charge in [0.05, 0.1) is 32.5 Å². The summed E-state index contributed by atoms with van der Waals surface area (Å²) in [4.78, 5) is 39.1. The summed E-state index contributed by atoms with van der Waals surface area (Å²) in [5.41, 5.74) is 2.16. The summed E-state index contributed by atoms with van der Waals surface area (Å²) in [6.45, 7) is 3.48. The lowest BCUT2D eigenvalue weighted by molar-refractivity contribution is -0.124. The Labute approximate surface area is 174 Å². The Morgan fingerprint density at radius 3 is 2.17 bits per heavy atom. The molecule has 1 aliphatic heterocycles. The number of imide groups is 1. The molecule has 8 nitrogen and oxygen atoms in total. The zero-order valence-corrected chi connectivity index (χ0v) is 17.6. The van der Waals surface area contributed by atoms with Crippen molar-refractivity contribution in [3.05, 3.63) is 52.6 Å². The molecule has 1 aliphatic rings. The van der Waals surface area contributed by atoms with Crippen LogP contribution in [-0.2, 0) is 11.3 Å². The smallest absolute Gasteiger partial charge is 0.262 e. The van der Waals surface area contributed by atoms with Gasteiger partial charge in [-0.2, -0.15) is 0 Å². The van der Waals surface area contributed by atoms with E-state index in [1.165, 1.54) is 28.3 Å². The van der Waals surface area contributed by atoms with Crippen molar-refractivity contribution >= 4 is 17.7 Å². The topological polar surface area (TPSA) is 94.2 Å². The fourth-order valence-corrected chi connectivity index (χ4v) is 3.40. The molecule has 0 aromatic heterocycles. The molecular weight excluding hydrogens is 388 g/mol. The number of nitrogens with zero attached hydrogens (tertiary/aromatic N) is 1. The van der Waals surface area contributed by atoms with Gasteiger partial charge in [-0.3, -0.25) is 19.3 Å². The number of rotatable bonds is 7. The van der Waals surface area contributed by atoms with Crippen LogP contribution in [0.2, 0.25) is 0 Å². The highest BCUT2D eigenvalue weighted by molar-refractivity contribution is 6.22. The van der Waals surface area contributed by atoms with Crippen molar-refractivity contribution in [1.82, 2.24) is 10.2 Å². The van der Waals surface area contributed by atoms with E-state index in [1.807, 2.05) is 6.92 Å². The van der Waals surface area contributed by atoms with Crippen LogP contribution in [0.1, 0.15) is 38.8 Å². The maximum atomic E-state index is 12.7. The second kappa shape index (κ2) is 8.44. The van der Waals surface area contributed by atoms with E-state index in [2.05, 4.69) is 5.32 Å². The van der Waals surface area contributed by atoms with Gasteiger partial charge in [0.15, 0.2) is 11.5 Å². The molecule has 0 spiro atoms. The van der Waals surface area contributed by atoms with Crippen LogP contribution in [0.5, 0.6) is 17.2 Å². The molecule has 1 N–H and O–H groups in total. The first-order valence-corrected chi connectivity index (χ1v) is 9.37. The zero-order chi connectivity index (χ0) is 22.0. The van der Waals surface area contributed by atoms with Crippen LogP contribution in [0.15, 0.2) is 30.3 Å². The number of benzene rings is 2. The normalized spacial score (nSPS) is 13.7. The fraction of sp³-hybridized carbons (Fsp3) is 0.318. The first kappa shape index (κ1) is 21.2. The van der Waals surface area contributed by atoms with Crippen LogP contribution in [0.3, 0.4) is 0 Å². The van der Waals surface area contributed by atoms with Gasteiger partial charge in [0.2, 0.25) is 5.91 Å². The SMILES string of the molecule is COc1cc(OC)c(OC)cc1CNC(=O)[C@H](C)N1C(=O)c2ccc(C)cc2C1=O. The predicted molar refractivity (Wildman–Crippen MR) is 109 cm³/mol. The summed E-state index contributed by atoms with van der Waals surface area (Å²) in [5, 5.41) is 2.76. The lowest BCUT2D eigenvalue weighted by atomic mass is 10.1. The number of hydrogen-bond donors (Lipinski definition) is 1. The van der Waals surface area contributed by atoms with Gasteiger partial charge in [0.1, 0.15) is 11.8 Å². The largest absolute Gasteiger partial charge is 0.496 e. The molecule has 0 unspecified atom stereocenters. The van der Waals surface area contributed by atoms with E-state index >= 15 is 0 Å². The molecule has 8 heteroatoms. The highest BCUT2D eigenvalue weighted by atomic mass is 16.5. The third-order valence-electron chi connectivity index (χ3n) is 5.08. The van der Waals surface area contributed by atoms with Crippen LogP contribution in [0.4, 0.5) is 0 Å². The minimum atomic E-state index is -0.969. The number of hydrogen-bond acceptors (Lipinski definition) is 6. The van der Waals surface area contributed by atoms with Gasteiger partial charge in [-0.15, -0.1) is 0 Å². The van der Waals surface area contributed by atoms with E-state index in [0.717, 1.165) is 10.5 Å². The number of methoxy groups -OCH3 is 3. The summed E-state index contributed by atoms with van der Waals surface area (Å²) in [7, 11) is 4.54. The maximum absolute atomic E-state index is 12.7. The van der Waals surface area contributed by atoms with Crippen molar-refractivity contribution in [1.29, 1.82) is 0 Å². The van der Waals surface area contributed by atoms with E-state index in [0.29, 0.717) is 33.9 Å². The van der Waals surface area contributed by atoms with Gasteiger partial charge in [-0.05, 0) is 32.0 Å². The highest BCUT2D eigenvalue weighted by Crippen LogP contribution is 2.34. The first-order valence-electron chi connectivity index (χ1n) is 9.37. The van der Waals surface area contributed by atoms with Crippen LogP contribution >= 0.6 is 0 Å². The molecule has 158 valence electrons. The van der Waals surface area contributed by atoms with E-state index in [4.69, 9.17) is 14.2 Å². The lowest BCUT2D eigenvalue weighted by Gasteiger charge is -2.22. The summed E-state index contributed by atoms with van der Waals surface area (Å²) in [6, 6.07) is 7.44. The van der Waals surface area contributed by atoms with Gasteiger partial charge < -0.3 is 19.5 Å². The molecule has 30 heavy (non-hydrogen) atoms. The molecule has 0 radical (unpaired) electrons. The maximum Gasteiger partial charge on any atom is 0.262 e. The summed E-state index contributed by atoms with van der Waals surface area (Å²) < 4.78 is 15.9. The van der Waals surface area contributed by atoms with Gasteiger partial charge >= 0.3 is 0 Å². The van der Waals surface area contributed by atoms with E-state index < -0.39 is 23.8 Å². The number of carbonyl (C=O) groups excluding carboxylic acids is 3. The Morgan fingerprint density at radius 2 is 1.53 bits per heavy atom. The Morgan fingerprint density at radius 1 is 0.933 bits per heavy atom. The van der Waals surface area contributed by atoms with Crippen molar-refractivity contribution in [2.24, 2.45) is 0 Å². The number of nitrogens with one attached hydrogen (secondary N) is 1. The minimum absolute atomic E-state index is 0.120. The van der Waals surface area contributed by atoms with Crippen LogP contribution in [0, 0.1) is 6.92 Å². The molecule has 3 rings (SSSR count). The summed E-state index contributed by atoms with van der Waals surface area (Å²) in [5.74, 6) is 0.103. The summed E-state index contributed by atoms with van der Waals surface area (Å²) >= 11 is 0. The van der Waals surface area contributed by atoms with Crippen molar-refractivity contribution in [2.75, 3.05) is 21.3 Å². The van der Waals surface area contributed by atoms with Gasteiger partial charge in [-0.25, -0.2) is 0 Å². The van der Waals surface area contributed by atoms with Gasteiger partial charge in [-0.1, -0.05) is 11.6 Å². The standard InChI is InChI=1S/C22H24N2O6/c1-12-6-7-15-16(8-12)22(27)24(21(15)26)13(2)20(25)23-11-14-9-18(29-4)19(30-5)10-17(14)28-3/h6-10,13H,11H2,1-5H3,(H,23,25)/t13-/m0/s1. The van der Waals surface area contributed by atoms with Gasteiger partial charge in [0, 0.05) is 18.2 Å². The second-order valence-corrected chi connectivity index (χ2v) is 6.94. The lowest BCUT2D eigenvalue weighted by Crippen LogP contribution is -2.47. The molecule has 1 heterocycles. The summed E-state index contributed by atoms with van der Waals surface area (Å²) in [6.07, 6.45) is 0. The first-order chi connectivity index (χ1) is 14.3. The Bertz CT molecular complexity index is 1020. The number of ether oxygens (including phenoxy) is 3. The Balaban J connectivity index is 1.76. The van der Waals surface area contributed by atoms with Crippen LogP contribution in [-0.4, -0.2) is 50.0 Å². The molecule has 0 saturated heterocycles. The average Bonchev–Trinajstić information content (AvgIpc) is 2.99. The van der Waals surface area contributed by atoms with Crippen molar-refractivity contribution in [3.8, 4) is 17.2 Å². The quantitative estimate of drug-likeness (QED) is 0.702. The monoisotopic (exact) mass is 412 g/mol. The molecule has 3 amide bonds. The van der Waals surface area contributed by atoms with Crippen molar-refractivity contribution < 1.29 is 28.6 Å². The van der Waals surface area contributed by atoms with E-state index in [-0.39, 0.29) is 6.54 Å². The third kappa shape index (κ3) is 3.68. The fourth-order valence-electron chi connectivity index (χ4n) is 3.40. The number of aryl methyl sites for hydroxylation is 1. The molecule has 2 aromatic carbocycles. The minimum Gasteiger partial charge on any atom is -0.496 e.